The Labute approximate surface area is 152 Å². The summed E-state index contributed by atoms with van der Waals surface area (Å²) in [5, 5.41) is 11.0. The molecule has 2 aromatic rings. The summed E-state index contributed by atoms with van der Waals surface area (Å²) in [5.74, 6) is -1.57. The van der Waals surface area contributed by atoms with Gasteiger partial charge in [0, 0.05) is 5.69 Å². The molecule has 26 heavy (non-hydrogen) atoms. The van der Waals surface area contributed by atoms with Gasteiger partial charge >= 0.3 is 5.97 Å². The largest absolute Gasteiger partial charge is 0.459 e. The van der Waals surface area contributed by atoms with E-state index < -0.39 is 17.5 Å². The lowest BCUT2D eigenvalue weighted by molar-refractivity contribution is -0.120. The van der Waals surface area contributed by atoms with Crippen LogP contribution in [0.15, 0.2) is 54.6 Å². The van der Waals surface area contributed by atoms with Crippen molar-refractivity contribution in [2.24, 2.45) is 0 Å². The molecule has 0 aromatic heterocycles. The number of nitrogen functional groups attached to an aromatic ring is 1. The van der Waals surface area contributed by atoms with Crippen molar-refractivity contribution in [3.8, 4) is 0 Å². The maximum absolute atomic E-state index is 12.4. The maximum atomic E-state index is 12.4. The molecule has 3 rings (SSSR count). The number of rotatable bonds is 4. The summed E-state index contributed by atoms with van der Waals surface area (Å²) >= 11 is 0. The van der Waals surface area contributed by atoms with Crippen LogP contribution in [0.2, 0.25) is 0 Å². The normalized spacial score (nSPS) is 21.8. The summed E-state index contributed by atoms with van der Waals surface area (Å²) in [5.41, 5.74) is 7.63. The fourth-order valence-corrected chi connectivity index (χ4v) is 3.25. The number of aryl methyl sites for hydroxylation is 2. The van der Waals surface area contributed by atoms with Crippen molar-refractivity contribution in [1.29, 1.82) is 0 Å². The molecule has 1 aliphatic carbocycles. The van der Waals surface area contributed by atoms with Crippen LogP contribution in [0.1, 0.15) is 33.0 Å². The van der Waals surface area contributed by atoms with Crippen molar-refractivity contribution in [2.45, 2.75) is 25.4 Å². The van der Waals surface area contributed by atoms with Crippen molar-refractivity contribution < 1.29 is 19.4 Å². The molecule has 0 bridgehead atoms. The van der Waals surface area contributed by atoms with Crippen molar-refractivity contribution in [3.63, 3.8) is 0 Å². The minimum absolute atomic E-state index is 0.206. The van der Waals surface area contributed by atoms with E-state index in [4.69, 9.17) is 10.5 Å². The van der Waals surface area contributed by atoms with Crippen LogP contribution in [-0.2, 0) is 9.53 Å². The van der Waals surface area contributed by atoms with E-state index in [1.807, 2.05) is 32.0 Å². The molecule has 0 aliphatic heterocycles. The first kappa shape index (κ1) is 17.9. The van der Waals surface area contributed by atoms with E-state index in [9.17, 15) is 14.7 Å². The summed E-state index contributed by atoms with van der Waals surface area (Å²) in [6.07, 6.45) is 2.76. The van der Waals surface area contributed by atoms with Crippen LogP contribution in [0.25, 0.3) is 0 Å². The van der Waals surface area contributed by atoms with Gasteiger partial charge in [0.1, 0.15) is 12.2 Å². The third-order valence-corrected chi connectivity index (χ3v) is 4.64. The quantitative estimate of drug-likeness (QED) is 0.653. The summed E-state index contributed by atoms with van der Waals surface area (Å²) in [4.78, 5) is 24.6. The average molecular weight is 351 g/mol. The molecular weight excluding hydrogens is 330 g/mol. The highest BCUT2D eigenvalue weighted by atomic mass is 16.5. The minimum atomic E-state index is -1.57. The first-order valence-electron chi connectivity index (χ1n) is 8.35. The molecule has 0 heterocycles. The van der Waals surface area contributed by atoms with E-state index in [1.54, 1.807) is 24.3 Å². The monoisotopic (exact) mass is 351 g/mol. The summed E-state index contributed by atoms with van der Waals surface area (Å²) < 4.78 is 5.29. The predicted octanol–water partition coefficient (Wildman–Crippen LogP) is 2.70. The van der Waals surface area contributed by atoms with E-state index in [0.717, 1.165) is 16.7 Å². The van der Waals surface area contributed by atoms with Gasteiger partial charge in [-0.15, -0.1) is 0 Å². The Morgan fingerprint density at radius 2 is 1.88 bits per heavy atom. The molecule has 2 atom stereocenters. The summed E-state index contributed by atoms with van der Waals surface area (Å²) in [6, 6.07) is 12.0. The molecule has 0 spiro atoms. The second-order valence-electron chi connectivity index (χ2n) is 6.72. The third kappa shape index (κ3) is 3.39. The zero-order valence-corrected chi connectivity index (χ0v) is 14.7. The standard InChI is InChI=1S/C21H21NO4/c1-13-3-8-17(14(2)11-13)19-18(23)9-10-21(19,25)12-26-20(24)15-4-6-16(22)7-5-15/h3-11,19,25H,12,22H2,1-2H3/t19?,21-/m1/s1. The van der Waals surface area contributed by atoms with Crippen LogP contribution in [0.4, 0.5) is 5.69 Å². The molecule has 5 heteroatoms. The Balaban J connectivity index is 1.80. The number of benzene rings is 2. The summed E-state index contributed by atoms with van der Waals surface area (Å²) in [7, 11) is 0. The molecule has 0 fully saturated rings. The number of allylic oxidation sites excluding steroid dienone is 1. The predicted molar refractivity (Wildman–Crippen MR) is 98.9 cm³/mol. The second kappa shape index (κ2) is 6.77. The highest BCUT2D eigenvalue weighted by molar-refractivity contribution is 6.00. The molecule has 1 unspecified atom stereocenters. The van der Waals surface area contributed by atoms with Gasteiger partial charge in [0.15, 0.2) is 5.78 Å². The van der Waals surface area contributed by atoms with Gasteiger partial charge in [-0.3, -0.25) is 4.79 Å². The topological polar surface area (TPSA) is 89.6 Å². The van der Waals surface area contributed by atoms with E-state index in [2.05, 4.69) is 0 Å². The number of esters is 1. The SMILES string of the molecule is Cc1ccc(C2C(=O)C=C[C@@]2(O)COC(=O)c2ccc(N)cc2)c(C)c1. The smallest absolute Gasteiger partial charge is 0.338 e. The fraction of sp³-hybridized carbons (Fsp3) is 0.238. The zero-order chi connectivity index (χ0) is 18.9. The van der Waals surface area contributed by atoms with Crippen molar-refractivity contribution in [2.75, 3.05) is 12.3 Å². The Hall–Kier alpha value is -2.92. The Morgan fingerprint density at radius 1 is 1.19 bits per heavy atom. The van der Waals surface area contributed by atoms with E-state index >= 15 is 0 Å². The van der Waals surface area contributed by atoms with Crippen molar-refractivity contribution >= 4 is 17.4 Å². The number of ketones is 1. The van der Waals surface area contributed by atoms with Crippen LogP contribution < -0.4 is 5.73 Å². The number of carbonyl (C=O) groups is 2. The van der Waals surface area contributed by atoms with Gasteiger partial charge in [-0.1, -0.05) is 23.8 Å². The van der Waals surface area contributed by atoms with Crippen LogP contribution in [0.5, 0.6) is 0 Å². The van der Waals surface area contributed by atoms with Gasteiger partial charge in [0.2, 0.25) is 0 Å². The van der Waals surface area contributed by atoms with Crippen LogP contribution in [0, 0.1) is 13.8 Å². The van der Waals surface area contributed by atoms with Gasteiger partial charge < -0.3 is 15.6 Å². The van der Waals surface area contributed by atoms with Crippen molar-refractivity contribution in [3.05, 3.63) is 76.9 Å². The van der Waals surface area contributed by atoms with Gasteiger partial charge in [-0.05, 0) is 61.4 Å². The molecule has 0 saturated heterocycles. The first-order chi connectivity index (χ1) is 12.3. The molecule has 5 nitrogen and oxygen atoms in total. The molecule has 0 saturated carbocycles. The highest BCUT2D eigenvalue weighted by Crippen LogP contribution is 2.38. The second-order valence-corrected chi connectivity index (χ2v) is 6.72. The summed E-state index contributed by atoms with van der Waals surface area (Å²) in [6.45, 7) is 3.55. The molecule has 0 radical (unpaired) electrons. The molecular formula is C21H21NO4. The third-order valence-electron chi connectivity index (χ3n) is 4.64. The zero-order valence-electron chi connectivity index (χ0n) is 14.7. The lowest BCUT2D eigenvalue weighted by atomic mass is 9.82. The first-order valence-corrected chi connectivity index (χ1v) is 8.35. The molecule has 134 valence electrons. The fourth-order valence-electron chi connectivity index (χ4n) is 3.25. The Morgan fingerprint density at radius 3 is 2.54 bits per heavy atom. The van der Waals surface area contributed by atoms with Crippen LogP contribution >= 0.6 is 0 Å². The maximum Gasteiger partial charge on any atom is 0.338 e. The number of ether oxygens (including phenoxy) is 1. The van der Waals surface area contributed by atoms with Gasteiger partial charge in [0.25, 0.3) is 0 Å². The van der Waals surface area contributed by atoms with E-state index in [1.165, 1.54) is 12.2 Å². The van der Waals surface area contributed by atoms with Gasteiger partial charge in [-0.25, -0.2) is 4.79 Å². The van der Waals surface area contributed by atoms with Gasteiger partial charge in [0.05, 0.1) is 11.5 Å². The minimum Gasteiger partial charge on any atom is -0.459 e. The number of nitrogens with two attached hydrogens (primary N) is 1. The molecule has 0 amide bonds. The van der Waals surface area contributed by atoms with E-state index in [-0.39, 0.29) is 12.4 Å². The lowest BCUT2D eigenvalue weighted by Crippen LogP contribution is -2.40. The van der Waals surface area contributed by atoms with Crippen LogP contribution in [-0.4, -0.2) is 29.1 Å². The molecule has 2 aromatic carbocycles. The number of hydrogen-bond donors (Lipinski definition) is 2. The number of anilines is 1. The van der Waals surface area contributed by atoms with E-state index in [0.29, 0.717) is 11.3 Å². The Kier molecular flexibility index (Phi) is 4.66. The number of carbonyl (C=O) groups excluding carboxylic acids is 2. The Bertz CT molecular complexity index is 885. The lowest BCUT2D eigenvalue weighted by Gasteiger charge is -2.29. The van der Waals surface area contributed by atoms with Crippen molar-refractivity contribution in [1.82, 2.24) is 0 Å². The molecule has 3 N–H and O–H groups in total. The number of aliphatic hydroxyl groups is 1. The average Bonchev–Trinajstić information content (AvgIpc) is 2.89. The highest BCUT2D eigenvalue weighted by Gasteiger charge is 2.45. The van der Waals surface area contributed by atoms with Gasteiger partial charge in [-0.2, -0.15) is 0 Å². The number of hydrogen-bond acceptors (Lipinski definition) is 5. The van der Waals surface area contributed by atoms with Crippen LogP contribution in [0.3, 0.4) is 0 Å². The molecule has 1 aliphatic rings.